The molecule has 27 heavy (non-hydrogen) atoms. The number of aryl methyl sites for hydroxylation is 1. The highest BCUT2D eigenvalue weighted by Gasteiger charge is 2.17. The van der Waals surface area contributed by atoms with Crippen LogP contribution in [0.2, 0.25) is 0 Å². The zero-order valence-corrected chi connectivity index (χ0v) is 16.2. The molecule has 1 atom stereocenters. The summed E-state index contributed by atoms with van der Waals surface area (Å²) in [4.78, 5) is 25.5. The molecule has 0 saturated heterocycles. The summed E-state index contributed by atoms with van der Waals surface area (Å²) in [6, 6.07) is 10.8. The summed E-state index contributed by atoms with van der Waals surface area (Å²) in [5.41, 5.74) is 0.835. The molecule has 0 aliphatic rings. The van der Waals surface area contributed by atoms with E-state index in [4.69, 9.17) is 9.15 Å². The standard InChI is InChI=1S/C21H26N2O4/c1-5-18(22-20(24)13-12-16-11-10-15(2)27-16)17-8-6-7-9-19(17)26-14-21(25)23(3)4/h6-13,18H,5,14H2,1-4H3,(H,22,24). The summed E-state index contributed by atoms with van der Waals surface area (Å²) in [6.07, 6.45) is 3.76. The fourth-order valence-corrected chi connectivity index (χ4v) is 2.49. The van der Waals surface area contributed by atoms with Crippen molar-refractivity contribution in [2.24, 2.45) is 0 Å². The van der Waals surface area contributed by atoms with Gasteiger partial charge in [-0.25, -0.2) is 0 Å². The second-order valence-electron chi connectivity index (χ2n) is 6.37. The van der Waals surface area contributed by atoms with Gasteiger partial charge in [0.1, 0.15) is 17.3 Å². The maximum Gasteiger partial charge on any atom is 0.259 e. The summed E-state index contributed by atoms with van der Waals surface area (Å²) in [5, 5.41) is 2.97. The molecule has 0 saturated carbocycles. The van der Waals surface area contributed by atoms with Gasteiger partial charge in [0.15, 0.2) is 6.61 Å². The van der Waals surface area contributed by atoms with E-state index < -0.39 is 0 Å². The number of rotatable bonds is 8. The van der Waals surface area contributed by atoms with Gasteiger partial charge < -0.3 is 19.4 Å². The average molecular weight is 370 g/mol. The molecule has 144 valence electrons. The van der Waals surface area contributed by atoms with E-state index in [-0.39, 0.29) is 24.5 Å². The van der Waals surface area contributed by atoms with Gasteiger partial charge in [-0.05, 0) is 37.6 Å². The molecular formula is C21H26N2O4. The van der Waals surface area contributed by atoms with Crippen LogP contribution in [-0.2, 0) is 9.59 Å². The van der Waals surface area contributed by atoms with E-state index in [1.54, 1.807) is 32.3 Å². The van der Waals surface area contributed by atoms with Crippen LogP contribution in [0.25, 0.3) is 6.08 Å². The highest BCUT2D eigenvalue weighted by atomic mass is 16.5. The second-order valence-corrected chi connectivity index (χ2v) is 6.37. The van der Waals surface area contributed by atoms with Crippen molar-refractivity contribution in [2.75, 3.05) is 20.7 Å². The smallest absolute Gasteiger partial charge is 0.259 e. The van der Waals surface area contributed by atoms with Crippen molar-refractivity contribution in [3.05, 3.63) is 59.6 Å². The van der Waals surface area contributed by atoms with Crippen LogP contribution < -0.4 is 10.1 Å². The molecule has 0 aliphatic heterocycles. The number of ether oxygens (including phenoxy) is 1. The van der Waals surface area contributed by atoms with E-state index >= 15 is 0 Å². The Labute approximate surface area is 159 Å². The van der Waals surface area contributed by atoms with E-state index in [1.807, 2.05) is 38.1 Å². The first-order chi connectivity index (χ1) is 12.9. The van der Waals surface area contributed by atoms with E-state index in [0.717, 1.165) is 11.3 Å². The number of hydrogen-bond donors (Lipinski definition) is 1. The van der Waals surface area contributed by atoms with Crippen LogP contribution in [0.3, 0.4) is 0 Å². The van der Waals surface area contributed by atoms with Crippen LogP contribution in [0, 0.1) is 6.92 Å². The molecule has 6 heteroatoms. The van der Waals surface area contributed by atoms with Crippen LogP contribution in [0.5, 0.6) is 5.75 Å². The minimum absolute atomic E-state index is 0.0495. The Hall–Kier alpha value is -3.02. The molecule has 1 unspecified atom stereocenters. The largest absolute Gasteiger partial charge is 0.483 e. The quantitative estimate of drug-likeness (QED) is 0.724. The number of nitrogens with zero attached hydrogens (tertiary/aromatic N) is 1. The SMILES string of the molecule is CCC(NC(=O)C=Cc1ccc(C)o1)c1ccccc1OCC(=O)N(C)C. The summed E-state index contributed by atoms with van der Waals surface area (Å²) in [5.74, 6) is 1.65. The van der Waals surface area contributed by atoms with Gasteiger partial charge in [-0.15, -0.1) is 0 Å². The Morgan fingerprint density at radius 1 is 1.22 bits per heavy atom. The van der Waals surface area contributed by atoms with Gasteiger partial charge in [0, 0.05) is 25.7 Å². The van der Waals surface area contributed by atoms with E-state index in [2.05, 4.69) is 5.32 Å². The van der Waals surface area contributed by atoms with Gasteiger partial charge >= 0.3 is 0 Å². The average Bonchev–Trinajstić information content (AvgIpc) is 3.08. The molecular weight excluding hydrogens is 344 g/mol. The maximum atomic E-state index is 12.3. The summed E-state index contributed by atoms with van der Waals surface area (Å²) >= 11 is 0. The van der Waals surface area contributed by atoms with Crippen molar-refractivity contribution in [1.82, 2.24) is 10.2 Å². The van der Waals surface area contributed by atoms with Crippen LogP contribution >= 0.6 is 0 Å². The van der Waals surface area contributed by atoms with Crippen molar-refractivity contribution in [1.29, 1.82) is 0 Å². The normalized spacial score (nSPS) is 12.0. The molecule has 0 fully saturated rings. The fraction of sp³-hybridized carbons (Fsp3) is 0.333. The van der Waals surface area contributed by atoms with Crippen molar-refractivity contribution in [3.8, 4) is 5.75 Å². The summed E-state index contributed by atoms with van der Waals surface area (Å²) < 4.78 is 11.1. The molecule has 0 radical (unpaired) electrons. The number of benzene rings is 1. The highest BCUT2D eigenvalue weighted by Crippen LogP contribution is 2.27. The number of furan rings is 1. The van der Waals surface area contributed by atoms with Gasteiger partial charge in [0.2, 0.25) is 5.91 Å². The third-order valence-electron chi connectivity index (χ3n) is 4.03. The van der Waals surface area contributed by atoms with Crippen molar-refractivity contribution in [2.45, 2.75) is 26.3 Å². The van der Waals surface area contributed by atoms with Crippen LogP contribution in [0.4, 0.5) is 0 Å². The molecule has 1 heterocycles. The lowest BCUT2D eigenvalue weighted by Crippen LogP contribution is -2.29. The fourth-order valence-electron chi connectivity index (χ4n) is 2.49. The summed E-state index contributed by atoms with van der Waals surface area (Å²) in [7, 11) is 3.36. The topological polar surface area (TPSA) is 71.8 Å². The lowest BCUT2D eigenvalue weighted by atomic mass is 10.0. The number of para-hydroxylation sites is 1. The molecule has 6 nitrogen and oxygen atoms in total. The minimum atomic E-state index is -0.230. The Kier molecular flexibility index (Phi) is 7.23. The predicted octanol–water partition coefficient (Wildman–Crippen LogP) is 3.34. The first-order valence-electron chi connectivity index (χ1n) is 8.87. The molecule has 1 aromatic heterocycles. The van der Waals surface area contributed by atoms with Gasteiger partial charge in [0.25, 0.3) is 5.91 Å². The zero-order valence-electron chi connectivity index (χ0n) is 16.2. The van der Waals surface area contributed by atoms with E-state index in [9.17, 15) is 9.59 Å². The number of carbonyl (C=O) groups excluding carboxylic acids is 2. The number of nitrogens with one attached hydrogen (secondary N) is 1. The zero-order chi connectivity index (χ0) is 19.8. The second kappa shape index (κ2) is 9.62. The minimum Gasteiger partial charge on any atom is -0.483 e. The molecule has 0 spiro atoms. The van der Waals surface area contributed by atoms with Crippen LogP contribution in [0.1, 0.15) is 36.5 Å². The first-order valence-corrected chi connectivity index (χ1v) is 8.87. The molecule has 2 rings (SSSR count). The van der Waals surface area contributed by atoms with Gasteiger partial charge in [-0.3, -0.25) is 9.59 Å². The lowest BCUT2D eigenvalue weighted by Gasteiger charge is -2.20. The van der Waals surface area contributed by atoms with E-state index in [1.165, 1.54) is 11.0 Å². The molecule has 0 bridgehead atoms. The monoisotopic (exact) mass is 370 g/mol. The molecule has 2 amide bonds. The Balaban J connectivity index is 2.06. The van der Waals surface area contributed by atoms with Gasteiger partial charge in [0.05, 0.1) is 6.04 Å². The molecule has 0 aliphatic carbocycles. The Morgan fingerprint density at radius 3 is 2.59 bits per heavy atom. The molecule has 2 aromatic rings. The van der Waals surface area contributed by atoms with E-state index in [0.29, 0.717) is 17.9 Å². The molecule has 1 aromatic carbocycles. The van der Waals surface area contributed by atoms with Crippen molar-refractivity contribution < 1.29 is 18.7 Å². The highest BCUT2D eigenvalue weighted by molar-refractivity contribution is 5.91. The van der Waals surface area contributed by atoms with Crippen molar-refractivity contribution >= 4 is 17.9 Å². The van der Waals surface area contributed by atoms with Gasteiger partial charge in [-0.1, -0.05) is 25.1 Å². The first kappa shape index (κ1) is 20.3. The van der Waals surface area contributed by atoms with Crippen molar-refractivity contribution in [3.63, 3.8) is 0 Å². The molecule has 1 N–H and O–H groups in total. The lowest BCUT2D eigenvalue weighted by molar-refractivity contribution is -0.130. The number of likely N-dealkylation sites (N-methyl/N-ethyl adjacent to an activating group) is 1. The Bertz CT molecular complexity index is 808. The van der Waals surface area contributed by atoms with Crippen LogP contribution in [-0.4, -0.2) is 37.4 Å². The van der Waals surface area contributed by atoms with Crippen LogP contribution in [0.15, 0.2) is 46.9 Å². The number of hydrogen-bond acceptors (Lipinski definition) is 4. The predicted molar refractivity (Wildman–Crippen MR) is 104 cm³/mol. The third-order valence-corrected chi connectivity index (χ3v) is 4.03. The third kappa shape index (κ3) is 6.02. The summed E-state index contributed by atoms with van der Waals surface area (Å²) in [6.45, 7) is 3.78. The Morgan fingerprint density at radius 2 is 1.96 bits per heavy atom. The van der Waals surface area contributed by atoms with Gasteiger partial charge in [-0.2, -0.15) is 0 Å². The number of carbonyl (C=O) groups is 2. The maximum absolute atomic E-state index is 12.3. The number of amides is 2.